The van der Waals surface area contributed by atoms with Gasteiger partial charge < -0.3 is 9.84 Å². The van der Waals surface area contributed by atoms with E-state index < -0.39 is 16.1 Å². The number of ether oxygens (including phenoxy) is 1. The van der Waals surface area contributed by atoms with E-state index in [4.69, 9.17) is 4.74 Å². The Bertz CT molecular complexity index is 868. The summed E-state index contributed by atoms with van der Waals surface area (Å²) >= 11 is 1.31. The Labute approximate surface area is 175 Å². The van der Waals surface area contributed by atoms with Gasteiger partial charge in [0, 0.05) is 25.0 Å². The number of aromatic nitrogens is 1. The summed E-state index contributed by atoms with van der Waals surface area (Å²) in [4.78, 5) is 4.42. The molecule has 0 saturated carbocycles. The average Bonchev–Trinajstić information content (AvgIpc) is 3.02. The Morgan fingerprint density at radius 2 is 1.79 bits per heavy atom. The first-order chi connectivity index (χ1) is 13.9. The lowest BCUT2D eigenvalue weighted by molar-refractivity contribution is 0.126. The van der Waals surface area contributed by atoms with Gasteiger partial charge in [-0.05, 0) is 49.2 Å². The molecule has 1 aliphatic rings. The van der Waals surface area contributed by atoms with E-state index in [1.54, 1.807) is 16.4 Å². The van der Waals surface area contributed by atoms with Gasteiger partial charge in [-0.3, -0.25) is 0 Å². The van der Waals surface area contributed by atoms with Crippen LogP contribution in [0.5, 0.6) is 5.75 Å². The maximum absolute atomic E-state index is 12.9. The molecule has 2 aromatic rings. The number of nitrogens with zero attached hydrogens (tertiary/aromatic N) is 2. The van der Waals surface area contributed by atoms with Gasteiger partial charge in [-0.15, -0.1) is 11.8 Å². The van der Waals surface area contributed by atoms with Crippen LogP contribution in [0.4, 0.5) is 4.39 Å². The van der Waals surface area contributed by atoms with Crippen LogP contribution in [0.25, 0.3) is 0 Å². The Kier molecular flexibility index (Phi) is 7.88. The molecular formula is C20H25FN2O4S2. The molecule has 0 aliphatic carbocycles. The molecule has 0 unspecified atom stereocenters. The monoisotopic (exact) mass is 440 g/mol. The van der Waals surface area contributed by atoms with E-state index in [1.165, 1.54) is 42.2 Å². The van der Waals surface area contributed by atoms with Crippen molar-refractivity contribution in [2.24, 2.45) is 0 Å². The van der Waals surface area contributed by atoms with Gasteiger partial charge in [0.25, 0.3) is 0 Å². The number of hydrogen-bond acceptors (Lipinski definition) is 6. The highest BCUT2D eigenvalue weighted by molar-refractivity contribution is 7.99. The summed E-state index contributed by atoms with van der Waals surface area (Å²) in [5.74, 6) is 0.476. The Balaban J connectivity index is 1.50. The summed E-state index contributed by atoms with van der Waals surface area (Å²) in [6.45, 7) is 1.18. The number of thioether (sulfide) groups is 1. The maximum Gasteiger partial charge on any atom is 0.244 e. The smallest absolute Gasteiger partial charge is 0.244 e. The van der Waals surface area contributed by atoms with Crippen LogP contribution in [0.3, 0.4) is 0 Å². The van der Waals surface area contributed by atoms with Crippen LogP contribution in [0.1, 0.15) is 25.7 Å². The fourth-order valence-electron chi connectivity index (χ4n) is 2.99. The Morgan fingerprint density at radius 3 is 2.41 bits per heavy atom. The SMILES string of the molecule is O=S(=O)(c1ccc(SC[C@H](O)COc2ccc(F)cc2)nc1)N1CCCCCC1. The second-order valence-electron chi connectivity index (χ2n) is 6.88. The van der Waals surface area contributed by atoms with E-state index in [1.807, 2.05) is 0 Å². The summed E-state index contributed by atoms with van der Waals surface area (Å²) in [6, 6.07) is 8.81. The fourth-order valence-corrected chi connectivity index (χ4v) is 5.20. The van der Waals surface area contributed by atoms with Crippen LogP contribution in [-0.4, -0.2) is 54.4 Å². The molecule has 0 radical (unpaired) electrons. The Morgan fingerprint density at radius 1 is 1.10 bits per heavy atom. The predicted octanol–water partition coefficient (Wildman–Crippen LogP) is 3.32. The van der Waals surface area contributed by atoms with E-state index >= 15 is 0 Å². The number of pyridine rings is 1. The number of hydrogen-bond donors (Lipinski definition) is 1. The van der Waals surface area contributed by atoms with Gasteiger partial charge in [0.2, 0.25) is 10.0 Å². The van der Waals surface area contributed by atoms with Gasteiger partial charge in [-0.25, -0.2) is 17.8 Å². The number of aliphatic hydroxyl groups is 1. The summed E-state index contributed by atoms with van der Waals surface area (Å²) in [7, 11) is -3.51. The highest BCUT2D eigenvalue weighted by Crippen LogP contribution is 2.23. The van der Waals surface area contributed by atoms with Gasteiger partial charge >= 0.3 is 0 Å². The molecule has 1 atom stereocenters. The van der Waals surface area contributed by atoms with Crippen molar-refractivity contribution in [2.45, 2.75) is 41.7 Å². The van der Waals surface area contributed by atoms with Crippen molar-refractivity contribution < 1.29 is 22.7 Å². The van der Waals surface area contributed by atoms with Crippen molar-refractivity contribution in [1.29, 1.82) is 0 Å². The van der Waals surface area contributed by atoms with E-state index in [2.05, 4.69) is 4.98 Å². The topological polar surface area (TPSA) is 79.7 Å². The molecule has 2 heterocycles. The van der Waals surface area contributed by atoms with E-state index in [0.717, 1.165) is 25.7 Å². The van der Waals surface area contributed by atoms with Crippen LogP contribution in [-0.2, 0) is 10.0 Å². The molecule has 158 valence electrons. The van der Waals surface area contributed by atoms with Crippen LogP contribution in [0.2, 0.25) is 0 Å². The first-order valence-electron chi connectivity index (χ1n) is 9.60. The lowest BCUT2D eigenvalue weighted by Crippen LogP contribution is -2.32. The lowest BCUT2D eigenvalue weighted by atomic mass is 10.2. The van der Waals surface area contributed by atoms with Crippen molar-refractivity contribution in [2.75, 3.05) is 25.4 Å². The molecule has 0 amide bonds. The molecule has 1 aromatic heterocycles. The molecule has 1 aliphatic heterocycles. The number of rotatable bonds is 8. The Hall–Kier alpha value is -1.68. The van der Waals surface area contributed by atoms with Crippen LogP contribution >= 0.6 is 11.8 Å². The highest BCUT2D eigenvalue weighted by Gasteiger charge is 2.25. The molecule has 1 N–H and O–H groups in total. The van der Waals surface area contributed by atoms with Crippen LogP contribution < -0.4 is 4.74 Å². The second-order valence-corrected chi connectivity index (χ2v) is 9.86. The van der Waals surface area contributed by atoms with E-state index in [-0.39, 0.29) is 17.3 Å². The predicted molar refractivity (Wildman–Crippen MR) is 110 cm³/mol. The summed E-state index contributed by atoms with van der Waals surface area (Å²) in [6.07, 6.45) is 4.54. The second kappa shape index (κ2) is 10.4. The first kappa shape index (κ1) is 22.0. The number of aliphatic hydroxyl groups excluding tert-OH is 1. The van der Waals surface area contributed by atoms with Crippen molar-refractivity contribution in [3.63, 3.8) is 0 Å². The van der Waals surface area contributed by atoms with Crippen molar-refractivity contribution in [1.82, 2.24) is 9.29 Å². The lowest BCUT2D eigenvalue weighted by Gasteiger charge is -2.19. The number of halogens is 1. The largest absolute Gasteiger partial charge is 0.491 e. The molecule has 0 bridgehead atoms. The molecule has 1 aromatic carbocycles. The zero-order valence-corrected chi connectivity index (χ0v) is 17.7. The molecule has 9 heteroatoms. The average molecular weight is 441 g/mol. The highest BCUT2D eigenvalue weighted by atomic mass is 32.2. The molecule has 3 rings (SSSR count). The third-order valence-electron chi connectivity index (χ3n) is 4.59. The molecular weight excluding hydrogens is 415 g/mol. The van der Waals surface area contributed by atoms with Gasteiger partial charge in [-0.2, -0.15) is 4.31 Å². The normalized spacial score (nSPS) is 16.9. The van der Waals surface area contributed by atoms with Crippen LogP contribution in [0, 0.1) is 5.82 Å². The third-order valence-corrected chi connectivity index (χ3v) is 7.56. The zero-order valence-electron chi connectivity index (χ0n) is 16.0. The first-order valence-corrected chi connectivity index (χ1v) is 12.0. The van der Waals surface area contributed by atoms with Gasteiger partial charge in [0.1, 0.15) is 23.1 Å². The number of benzene rings is 1. The standard InChI is InChI=1S/C20H25FN2O4S2/c21-16-5-7-18(8-6-16)27-14-17(24)15-28-20-10-9-19(13-22-20)29(25,26)23-11-3-1-2-4-12-23/h5-10,13,17,24H,1-4,11-12,14-15H2/t17-/m1/s1. The molecule has 1 saturated heterocycles. The summed E-state index contributed by atoms with van der Waals surface area (Å²) in [5, 5.41) is 10.7. The van der Waals surface area contributed by atoms with Crippen molar-refractivity contribution in [3.05, 3.63) is 48.4 Å². The molecule has 1 fully saturated rings. The van der Waals surface area contributed by atoms with Gasteiger partial charge in [0.15, 0.2) is 0 Å². The quantitative estimate of drug-likeness (QED) is 0.635. The fraction of sp³-hybridized carbons (Fsp3) is 0.450. The van der Waals surface area contributed by atoms with Crippen molar-refractivity contribution in [3.8, 4) is 5.75 Å². The van der Waals surface area contributed by atoms with Gasteiger partial charge in [-0.1, -0.05) is 12.8 Å². The minimum absolute atomic E-state index is 0.0695. The molecule has 6 nitrogen and oxygen atoms in total. The van der Waals surface area contributed by atoms with Crippen molar-refractivity contribution >= 4 is 21.8 Å². The summed E-state index contributed by atoms with van der Waals surface area (Å²) in [5.41, 5.74) is 0. The van der Waals surface area contributed by atoms with E-state index in [9.17, 15) is 17.9 Å². The van der Waals surface area contributed by atoms with E-state index in [0.29, 0.717) is 29.6 Å². The zero-order chi connectivity index (χ0) is 20.7. The maximum atomic E-state index is 12.9. The minimum Gasteiger partial charge on any atom is -0.491 e. The van der Waals surface area contributed by atoms with Crippen LogP contribution in [0.15, 0.2) is 52.5 Å². The van der Waals surface area contributed by atoms with Gasteiger partial charge in [0.05, 0.1) is 11.1 Å². The summed E-state index contributed by atoms with van der Waals surface area (Å²) < 4.78 is 45.3. The minimum atomic E-state index is -3.51. The molecule has 29 heavy (non-hydrogen) atoms. The number of sulfonamides is 1. The third kappa shape index (κ3) is 6.40. The molecule has 0 spiro atoms.